The van der Waals surface area contributed by atoms with Gasteiger partial charge in [-0.25, -0.2) is 8.78 Å². The van der Waals surface area contributed by atoms with Gasteiger partial charge in [0.25, 0.3) is 11.8 Å². The lowest BCUT2D eigenvalue weighted by Gasteiger charge is -2.14. The average Bonchev–Trinajstić information content (AvgIpc) is 2.40. The Hall–Kier alpha value is -1.65. The summed E-state index contributed by atoms with van der Waals surface area (Å²) in [6, 6.07) is 10.2. The second-order valence-electron chi connectivity index (χ2n) is 4.54. The Bertz CT molecular complexity index is 666. The van der Waals surface area contributed by atoms with E-state index in [4.69, 9.17) is 23.2 Å². The fraction of sp³-hybridized carbons (Fsp3) is 0.133. The summed E-state index contributed by atoms with van der Waals surface area (Å²) in [5, 5.41) is 3.05. The second kappa shape index (κ2) is 6.00. The predicted molar refractivity (Wildman–Crippen MR) is 80.4 cm³/mol. The van der Waals surface area contributed by atoms with Crippen molar-refractivity contribution in [3.63, 3.8) is 0 Å². The number of amides is 1. The Morgan fingerprint density at radius 1 is 1.10 bits per heavy atom. The van der Waals surface area contributed by atoms with Crippen LogP contribution in [-0.2, 0) is 5.92 Å². The predicted octanol–water partition coefficient (Wildman–Crippen LogP) is 5.36. The van der Waals surface area contributed by atoms with Gasteiger partial charge in [-0.3, -0.25) is 4.79 Å². The van der Waals surface area contributed by atoms with Crippen LogP contribution < -0.4 is 5.32 Å². The van der Waals surface area contributed by atoms with Crippen LogP contribution >= 0.6 is 23.2 Å². The molecule has 2 aromatic rings. The minimum Gasteiger partial charge on any atom is -0.322 e. The molecule has 2 aromatic carbocycles. The number of carbonyl (C=O) groups excluding carboxylic acids is 1. The maximum Gasteiger partial charge on any atom is 0.271 e. The van der Waals surface area contributed by atoms with Crippen LogP contribution in [0.4, 0.5) is 14.5 Å². The van der Waals surface area contributed by atoms with E-state index in [0.29, 0.717) is 10.7 Å². The normalized spacial score (nSPS) is 11.3. The first-order valence-electron chi connectivity index (χ1n) is 6.02. The fourth-order valence-electron chi connectivity index (χ4n) is 1.74. The van der Waals surface area contributed by atoms with Crippen LogP contribution in [0, 0.1) is 0 Å². The molecule has 0 aliphatic heterocycles. The van der Waals surface area contributed by atoms with Crippen molar-refractivity contribution in [3.05, 3.63) is 63.6 Å². The Morgan fingerprint density at radius 2 is 1.71 bits per heavy atom. The van der Waals surface area contributed by atoms with Gasteiger partial charge in [-0.1, -0.05) is 23.2 Å². The first kappa shape index (κ1) is 15.7. The third-order valence-corrected chi connectivity index (χ3v) is 3.39. The molecule has 0 radical (unpaired) electrons. The van der Waals surface area contributed by atoms with Gasteiger partial charge in [0.05, 0.1) is 0 Å². The van der Waals surface area contributed by atoms with Gasteiger partial charge in [0.15, 0.2) is 0 Å². The van der Waals surface area contributed by atoms with E-state index < -0.39 is 11.8 Å². The molecule has 110 valence electrons. The zero-order valence-corrected chi connectivity index (χ0v) is 12.5. The molecule has 21 heavy (non-hydrogen) atoms. The number of nitrogens with one attached hydrogen (secondary N) is 1. The maximum atomic E-state index is 13.4. The van der Waals surface area contributed by atoms with Crippen LogP contribution in [0.2, 0.25) is 10.0 Å². The van der Waals surface area contributed by atoms with Crippen LogP contribution in [0.3, 0.4) is 0 Å². The summed E-state index contributed by atoms with van der Waals surface area (Å²) in [5.74, 6) is -3.62. The molecule has 2 rings (SSSR count). The molecule has 0 fully saturated rings. The molecule has 0 unspecified atom stereocenters. The number of hydrogen-bond donors (Lipinski definition) is 1. The molecule has 0 bridgehead atoms. The van der Waals surface area contributed by atoms with Gasteiger partial charge in [0, 0.05) is 33.8 Å². The van der Waals surface area contributed by atoms with E-state index in [1.807, 2.05) is 0 Å². The Kier molecular flexibility index (Phi) is 4.49. The van der Waals surface area contributed by atoms with Crippen molar-refractivity contribution in [1.82, 2.24) is 0 Å². The largest absolute Gasteiger partial charge is 0.322 e. The molecule has 0 atom stereocenters. The maximum absolute atomic E-state index is 13.4. The Labute approximate surface area is 130 Å². The van der Waals surface area contributed by atoms with E-state index in [0.717, 1.165) is 13.0 Å². The van der Waals surface area contributed by atoms with Crippen molar-refractivity contribution in [3.8, 4) is 0 Å². The van der Waals surface area contributed by atoms with Gasteiger partial charge in [-0.15, -0.1) is 0 Å². The molecule has 0 saturated heterocycles. The molecule has 0 aromatic heterocycles. The molecular formula is C15H11Cl2F2NO. The number of anilines is 1. The lowest BCUT2D eigenvalue weighted by Crippen LogP contribution is -2.14. The van der Waals surface area contributed by atoms with Crippen molar-refractivity contribution in [1.29, 1.82) is 0 Å². The number of carbonyl (C=O) groups is 1. The molecule has 1 N–H and O–H groups in total. The SMILES string of the molecule is CC(F)(F)c1cc(C(=O)Nc2ccc(Cl)cc2)ccc1Cl. The quantitative estimate of drug-likeness (QED) is 0.807. The van der Waals surface area contributed by atoms with Crippen LogP contribution in [-0.4, -0.2) is 5.91 Å². The van der Waals surface area contributed by atoms with Crippen molar-refractivity contribution >= 4 is 34.8 Å². The molecule has 0 heterocycles. The third-order valence-electron chi connectivity index (χ3n) is 2.80. The van der Waals surface area contributed by atoms with E-state index in [9.17, 15) is 13.6 Å². The van der Waals surface area contributed by atoms with Crippen molar-refractivity contribution in [2.75, 3.05) is 5.32 Å². The molecular weight excluding hydrogens is 319 g/mol. The minimum atomic E-state index is -3.12. The second-order valence-corrected chi connectivity index (χ2v) is 5.39. The lowest BCUT2D eigenvalue weighted by molar-refractivity contribution is 0.0175. The van der Waals surface area contributed by atoms with E-state index in [1.54, 1.807) is 24.3 Å². The molecule has 0 saturated carbocycles. The molecule has 0 aliphatic rings. The summed E-state index contributed by atoms with van der Waals surface area (Å²) in [6.07, 6.45) is 0. The fourth-order valence-corrected chi connectivity index (χ4v) is 2.15. The van der Waals surface area contributed by atoms with E-state index in [2.05, 4.69) is 5.32 Å². The molecule has 2 nitrogen and oxygen atoms in total. The summed E-state index contributed by atoms with van der Waals surface area (Å²) >= 11 is 11.5. The summed E-state index contributed by atoms with van der Waals surface area (Å²) in [4.78, 5) is 12.1. The van der Waals surface area contributed by atoms with Crippen molar-refractivity contribution in [2.45, 2.75) is 12.8 Å². The topological polar surface area (TPSA) is 29.1 Å². The number of halogens is 4. The van der Waals surface area contributed by atoms with Crippen molar-refractivity contribution in [2.24, 2.45) is 0 Å². The van der Waals surface area contributed by atoms with Crippen LogP contribution in [0.5, 0.6) is 0 Å². The monoisotopic (exact) mass is 329 g/mol. The van der Waals surface area contributed by atoms with E-state index in [-0.39, 0.29) is 16.1 Å². The number of hydrogen-bond acceptors (Lipinski definition) is 1. The Morgan fingerprint density at radius 3 is 2.29 bits per heavy atom. The first-order valence-corrected chi connectivity index (χ1v) is 6.78. The summed E-state index contributed by atoms with van der Waals surface area (Å²) in [7, 11) is 0. The highest BCUT2D eigenvalue weighted by Gasteiger charge is 2.28. The van der Waals surface area contributed by atoms with Crippen LogP contribution in [0.15, 0.2) is 42.5 Å². The highest BCUT2D eigenvalue weighted by Crippen LogP contribution is 2.33. The molecule has 6 heteroatoms. The van der Waals surface area contributed by atoms with Gasteiger partial charge < -0.3 is 5.32 Å². The zero-order chi connectivity index (χ0) is 15.6. The van der Waals surface area contributed by atoms with Crippen molar-refractivity contribution < 1.29 is 13.6 Å². The third kappa shape index (κ3) is 3.93. The van der Waals surface area contributed by atoms with Gasteiger partial charge >= 0.3 is 0 Å². The minimum absolute atomic E-state index is 0.0782. The molecule has 0 spiro atoms. The van der Waals surface area contributed by atoms with E-state index >= 15 is 0 Å². The van der Waals surface area contributed by atoms with Gasteiger partial charge in [-0.05, 0) is 42.5 Å². The summed E-state index contributed by atoms with van der Waals surface area (Å²) in [5.41, 5.74) is 0.239. The van der Waals surface area contributed by atoms with E-state index in [1.165, 1.54) is 12.1 Å². The number of rotatable bonds is 3. The summed E-state index contributed by atoms with van der Waals surface area (Å²) < 4.78 is 26.8. The Balaban J connectivity index is 2.25. The number of alkyl halides is 2. The number of benzene rings is 2. The lowest BCUT2D eigenvalue weighted by atomic mass is 10.1. The van der Waals surface area contributed by atoms with Crippen LogP contribution in [0.1, 0.15) is 22.8 Å². The summed E-state index contributed by atoms with van der Waals surface area (Å²) in [6.45, 7) is 0.731. The van der Waals surface area contributed by atoms with Gasteiger partial charge in [-0.2, -0.15) is 0 Å². The highest BCUT2D eigenvalue weighted by atomic mass is 35.5. The highest BCUT2D eigenvalue weighted by molar-refractivity contribution is 6.31. The van der Waals surface area contributed by atoms with Gasteiger partial charge in [0.2, 0.25) is 0 Å². The zero-order valence-electron chi connectivity index (χ0n) is 11.0. The van der Waals surface area contributed by atoms with Gasteiger partial charge in [0.1, 0.15) is 0 Å². The standard InChI is InChI=1S/C15H11Cl2F2NO/c1-15(18,19)12-8-9(2-7-13(12)17)14(21)20-11-5-3-10(16)4-6-11/h2-8H,1H3,(H,20,21). The van der Waals surface area contributed by atoms with Crippen LogP contribution in [0.25, 0.3) is 0 Å². The first-order chi connectivity index (χ1) is 9.77. The molecule has 0 aliphatic carbocycles. The smallest absolute Gasteiger partial charge is 0.271 e. The average molecular weight is 330 g/mol. The molecule has 1 amide bonds.